The highest BCUT2D eigenvalue weighted by molar-refractivity contribution is 7.18. The number of hydrogen-bond acceptors (Lipinski definition) is 6. The highest BCUT2D eigenvalue weighted by Crippen LogP contribution is 2.32. The van der Waals surface area contributed by atoms with E-state index in [9.17, 15) is 4.39 Å². The lowest BCUT2D eigenvalue weighted by atomic mass is 10.2. The molecule has 122 valence electrons. The molecule has 3 aromatic rings. The van der Waals surface area contributed by atoms with Crippen molar-refractivity contribution in [3.8, 4) is 21.3 Å². The molecule has 2 aromatic heterocycles. The van der Waals surface area contributed by atoms with Crippen molar-refractivity contribution < 1.29 is 8.91 Å². The zero-order valence-electron chi connectivity index (χ0n) is 12.6. The maximum atomic E-state index is 13.8. The summed E-state index contributed by atoms with van der Waals surface area (Å²) in [6.45, 7) is 2.04. The molecule has 0 saturated carbocycles. The van der Waals surface area contributed by atoms with E-state index in [0.29, 0.717) is 28.7 Å². The third kappa shape index (κ3) is 3.93. The van der Waals surface area contributed by atoms with E-state index in [1.807, 2.05) is 14.0 Å². The second-order valence-electron chi connectivity index (χ2n) is 4.92. The molecule has 0 spiro atoms. The average molecular weight is 355 g/mol. The zero-order chi connectivity index (χ0) is 15.5. The Bertz CT molecular complexity index is 776. The first-order chi connectivity index (χ1) is 10.7. The third-order valence-electron chi connectivity index (χ3n) is 3.27. The van der Waals surface area contributed by atoms with E-state index < -0.39 is 0 Å². The van der Waals surface area contributed by atoms with Gasteiger partial charge < -0.3 is 9.84 Å². The number of rotatable bonds is 5. The molecule has 1 unspecified atom stereocenters. The number of benzene rings is 1. The minimum Gasteiger partial charge on any atom is -0.333 e. The molecule has 0 fully saturated rings. The first-order valence-corrected chi connectivity index (χ1v) is 7.70. The van der Waals surface area contributed by atoms with Gasteiger partial charge in [-0.25, -0.2) is 9.37 Å². The maximum absolute atomic E-state index is 13.8. The van der Waals surface area contributed by atoms with Gasteiger partial charge in [0.15, 0.2) is 5.82 Å². The SMILES string of the molecule is CNC(C)Cc1noc(-c2cnc(-c3ccccc3F)s2)n1.Cl. The quantitative estimate of drug-likeness (QED) is 0.758. The number of thiazole rings is 1. The second kappa shape index (κ2) is 7.63. The van der Waals surface area contributed by atoms with Crippen LogP contribution in [0.4, 0.5) is 4.39 Å². The Labute approximate surface area is 143 Å². The van der Waals surface area contributed by atoms with Crippen LogP contribution in [-0.2, 0) is 6.42 Å². The molecule has 0 amide bonds. The van der Waals surface area contributed by atoms with Crippen LogP contribution in [-0.4, -0.2) is 28.2 Å². The molecule has 8 heteroatoms. The number of nitrogens with one attached hydrogen (secondary N) is 1. The Hall–Kier alpha value is -1.83. The van der Waals surface area contributed by atoms with Crippen molar-refractivity contribution in [2.45, 2.75) is 19.4 Å². The van der Waals surface area contributed by atoms with Crippen LogP contribution in [0.5, 0.6) is 0 Å². The molecule has 2 heterocycles. The van der Waals surface area contributed by atoms with E-state index in [-0.39, 0.29) is 24.3 Å². The molecule has 5 nitrogen and oxygen atoms in total. The minimum atomic E-state index is -0.294. The summed E-state index contributed by atoms with van der Waals surface area (Å²) in [6, 6.07) is 6.82. The first kappa shape index (κ1) is 17.5. The summed E-state index contributed by atoms with van der Waals surface area (Å²) < 4.78 is 19.0. The topological polar surface area (TPSA) is 63.8 Å². The van der Waals surface area contributed by atoms with Gasteiger partial charge in [-0.05, 0) is 26.1 Å². The largest absolute Gasteiger partial charge is 0.333 e. The average Bonchev–Trinajstić information content (AvgIpc) is 3.16. The fourth-order valence-corrected chi connectivity index (χ4v) is 2.81. The normalized spacial score (nSPS) is 12.0. The second-order valence-corrected chi connectivity index (χ2v) is 5.95. The Morgan fingerprint density at radius 1 is 1.35 bits per heavy atom. The molecule has 0 radical (unpaired) electrons. The Morgan fingerprint density at radius 2 is 2.13 bits per heavy atom. The van der Waals surface area contributed by atoms with Gasteiger partial charge in [0.05, 0.1) is 6.20 Å². The summed E-state index contributed by atoms with van der Waals surface area (Å²) in [5.41, 5.74) is 0.474. The molecule has 1 N–H and O–H groups in total. The van der Waals surface area contributed by atoms with E-state index in [4.69, 9.17) is 4.52 Å². The summed E-state index contributed by atoms with van der Waals surface area (Å²) in [4.78, 5) is 9.34. The van der Waals surface area contributed by atoms with Gasteiger partial charge in [0, 0.05) is 18.0 Å². The molecule has 0 saturated heterocycles. The maximum Gasteiger partial charge on any atom is 0.269 e. The fraction of sp³-hybridized carbons (Fsp3) is 0.267. The number of aromatic nitrogens is 3. The van der Waals surface area contributed by atoms with Crippen LogP contribution in [0.2, 0.25) is 0 Å². The zero-order valence-corrected chi connectivity index (χ0v) is 14.2. The Morgan fingerprint density at radius 3 is 2.87 bits per heavy atom. The highest BCUT2D eigenvalue weighted by atomic mass is 35.5. The summed E-state index contributed by atoms with van der Waals surface area (Å²) in [6.07, 6.45) is 2.31. The van der Waals surface area contributed by atoms with Crippen molar-refractivity contribution in [2.75, 3.05) is 7.05 Å². The van der Waals surface area contributed by atoms with Crippen LogP contribution in [0.1, 0.15) is 12.7 Å². The minimum absolute atomic E-state index is 0. The van der Waals surface area contributed by atoms with Gasteiger partial charge in [-0.1, -0.05) is 17.3 Å². The Kier molecular flexibility index (Phi) is 5.81. The third-order valence-corrected chi connectivity index (χ3v) is 4.29. The molecular weight excluding hydrogens is 339 g/mol. The highest BCUT2D eigenvalue weighted by Gasteiger charge is 2.15. The first-order valence-electron chi connectivity index (χ1n) is 6.88. The van der Waals surface area contributed by atoms with E-state index in [2.05, 4.69) is 20.4 Å². The van der Waals surface area contributed by atoms with Crippen molar-refractivity contribution in [1.82, 2.24) is 20.4 Å². The van der Waals surface area contributed by atoms with Gasteiger partial charge in [-0.15, -0.1) is 23.7 Å². The molecular formula is C15H16ClFN4OS. The van der Waals surface area contributed by atoms with E-state index >= 15 is 0 Å². The van der Waals surface area contributed by atoms with E-state index in [1.165, 1.54) is 17.4 Å². The van der Waals surface area contributed by atoms with Crippen molar-refractivity contribution in [1.29, 1.82) is 0 Å². The number of hydrogen-bond donors (Lipinski definition) is 1. The van der Waals surface area contributed by atoms with E-state index in [0.717, 1.165) is 4.88 Å². The van der Waals surface area contributed by atoms with Crippen LogP contribution in [0.3, 0.4) is 0 Å². The lowest BCUT2D eigenvalue weighted by molar-refractivity contribution is 0.419. The van der Waals surface area contributed by atoms with Crippen molar-refractivity contribution in [3.05, 3.63) is 42.1 Å². The summed E-state index contributed by atoms with van der Waals surface area (Å²) in [7, 11) is 1.88. The predicted octanol–water partition coefficient (Wildman–Crippen LogP) is 3.57. The lowest BCUT2D eigenvalue weighted by Gasteiger charge is -2.04. The van der Waals surface area contributed by atoms with Gasteiger partial charge in [0.1, 0.15) is 15.7 Å². The van der Waals surface area contributed by atoms with Gasteiger partial charge in [0.25, 0.3) is 5.89 Å². The smallest absolute Gasteiger partial charge is 0.269 e. The van der Waals surface area contributed by atoms with Gasteiger partial charge in [0.2, 0.25) is 0 Å². The lowest BCUT2D eigenvalue weighted by Crippen LogP contribution is -2.24. The number of likely N-dealkylation sites (N-methyl/N-ethyl adjacent to an activating group) is 1. The summed E-state index contributed by atoms with van der Waals surface area (Å²) >= 11 is 1.33. The molecule has 3 rings (SSSR count). The van der Waals surface area contributed by atoms with Crippen LogP contribution in [0.15, 0.2) is 35.0 Å². The van der Waals surface area contributed by atoms with Crippen molar-refractivity contribution >= 4 is 23.7 Å². The summed E-state index contributed by atoms with van der Waals surface area (Å²) in [5, 5.41) is 7.67. The molecule has 0 aliphatic carbocycles. The molecule has 0 aliphatic heterocycles. The molecule has 0 bridgehead atoms. The Balaban J connectivity index is 0.00000192. The molecule has 23 heavy (non-hydrogen) atoms. The fourth-order valence-electron chi connectivity index (χ4n) is 1.95. The molecule has 0 aliphatic rings. The van der Waals surface area contributed by atoms with Gasteiger partial charge in [-0.3, -0.25) is 0 Å². The summed E-state index contributed by atoms with van der Waals surface area (Å²) in [5.74, 6) is 0.758. The monoisotopic (exact) mass is 354 g/mol. The van der Waals surface area contributed by atoms with Crippen LogP contribution in [0.25, 0.3) is 21.3 Å². The van der Waals surface area contributed by atoms with Gasteiger partial charge in [-0.2, -0.15) is 4.98 Å². The van der Waals surface area contributed by atoms with Crippen LogP contribution in [0, 0.1) is 5.82 Å². The van der Waals surface area contributed by atoms with Crippen molar-refractivity contribution in [3.63, 3.8) is 0 Å². The number of nitrogens with zero attached hydrogens (tertiary/aromatic N) is 3. The van der Waals surface area contributed by atoms with Crippen LogP contribution >= 0.6 is 23.7 Å². The molecule has 1 aromatic carbocycles. The van der Waals surface area contributed by atoms with Crippen LogP contribution < -0.4 is 5.32 Å². The van der Waals surface area contributed by atoms with E-state index in [1.54, 1.807) is 24.4 Å². The molecule has 1 atom stereocenters. The predicted molar refractivity (Wildman–Crippen MR) is 90.3 cm³/mol. The standard InChI is InChI=1S/C15H15FN4OS.ClH/c1-9(17-2)7-13-19-14(21-20-13)12-8-18-15(22-12)10-5-3-4-6-11(10)16;/h3-6,8-9,17H,7H2,1-2H3;1H. The van der Waals surface area contributed by atoms with Gasteiger partial charge >= 0.3 is 0 Å². The van der Waals surface area contributed by atoms with Crippen molar-refractivity contribution in [2.24, 2.45) is 0 Å². The number of halogens is 2.